The molecule has 2 aromatic rings. The SMILES string of the molecule is COC(=O)N1CCc2nc(NC(=O)CCCSc3ccc(C)cc3)sc2C1. The van der Waals surface area contributed by atoms with E-state index in [0.29, 0.717) is 31.1 Å². The summed E-state index contributed by atoms with van der Waals surface area (Å²) in [5.74, 6) is 0.884. The smallest absolute Gasteiger partial charge is 0.409 e. The molecular formula is C19H23N3O3S2. The van der Waals surface area contributed by atoms with E-state index in [2.05, 4.69) is 41.5 Å². The van der Waals surface area contributed by atoms with Crippen molar-refractivity contribution in [1.82, 2.24) is 9.88 Å². The lowest BCUT2D eigenvalue weighted by molar-refractivity contribution is -0.116. The Bertz CT molecular complexity index is 805. The van der Waals surface area contributed by atoms with Crippen molar-refractivity contribution in [3.05, 3.63) is 40.4 Å². The number of hydrogen-bond acceptors (Lipinski definition) is 6. The normalized spacial score (nSPS) is 13.2. The number of thioether (sulfide) groups is 1. The number of aromatic nitrogens is 1. The predicted molar refractivity (Wildman–Crippen MR) is 108 cm³/mol. The van der Waals surface area contributed by atoms with Gasteiger partial charge in [-0.05, 0) is 31.2 Å². The number of methoxy groups -OCH3 is 1. The van der Waals surface area contributed by atoms with Crippen LogP contribution in [0.4, 0.5) is 9.93 Å². The second kappa shape index (κ2) is 9.23. The molecule has 8 heteroatoms. The van der Waals surface area contributed by atoms with Crippen LogP contribution in [0.25, 0.3) is 0 Å². The molecule has 0 atom stereocenters. The van der Waals surface area contributed by atoms with E-state index in [1.807, 2.05) is 0 Å². The highest BCUT2D eigenvalue weighted by Crippen LogP contribution is 2.28. The average Bonchev–Trinajstić information content (AvgIpc) is 3.07. The summed E-state index contributed by atoms with van der Waals surface area (Å²) < 4.78 is 4.77. The minimum Gasteiger partial charge on any atom is -0.453 e. The van der Waals surface area contributed by atoms with Gasteiger partial charge in [0.1, 0.15) is 0 Å². The van der Waals surface area contributed by atoms with E-state index in [-0.39, 0.29) is 12.0 Å². The lowest BCUT2D eigenvalue weighted by atomic mass is 10.2. The number of rotatable bonds is 6. The largest absolute Gasteiger partial charge is 0.453 e. The second-order valence-electron chi connectivity index (χ2n) is 6.34. The standard InChI is InChI=1S/C19H23N3O3S2/c1-13-5-7-14(8-6-13)26-11-3-4-17(23)21-18-20-15-9-10-22(19(24)25-2)12-16(15)27-18/h5-8H,3-4,9-12H2,1-2H3,(H,20,21,23). The fraction of sp³-hybridized carbons (Fsp3) is 0.421. The van der Waals surface area contributed by atoms with E-state index in [1.54, 1.807) is 16.7 Å². The van der Waals surface area contributed by atoms with E-state index < -0.39 is 0 Å². The van der Waals surface area contributed by atoms with Gasteiger partial charge >= 0.3 is 6.09 Å². The maximum atomic E-state index is 12.2. The van der Waals surface area contributed by atoms with Crippen LogP contribution >= 0.6 is 23.1 Å². The summed E-state index contributed by atoms with van der Waals surface area (Å²) in [6.07, 6.45) is 1.64. The molecule has 1 N–H and O–H groups in total. The number of carbonyl (C=O) groups is 2. The van der Waals surface area contributed by atoms with Crippen molar-refractivity contribution < 1.29 is 14.3 Å². The number of anilines is 1. The maximum Gasteiger partial charge on any atom is 0.409 e. The molecular weight excluding hydrogens is 382 g/mol. The lowest BCUT2D eigenvalue weighted by Crippen LogP contribution is -2.35. The Morgan fingerprint density at radius 1 is 1.33 bits per heavy atom. The van der Waals surface area contributed by atoms with E-state index in [9.17, 15) is 9.59 Å². The minimum absolute atomic E-state index is 0.0181. The molecule has 0 unspecified atom stereocenters. The zero-order chi connectivity index (χ0) is 19.2. The number of amides is 2. The monoisotopic (exact) mass is 405 g/mol. The van der Waals surface area contributed by atoms with Crippen molar-refractivity contribution >= 4 is 40.2 Å². The Hall–Kier alpha value is -2.06. The van der Waals surface area contributed by atoms with Gasteiger partial charge in [0.15, 0.2) is 5.13 Å². The Labute approximate surface area is 167 Å². The molecule has 0 bridgehead atoms. The minimum atomic E-state index is -0.328. The number of thiazole rings is 1. The fourth-order valence-electron chi connectivity index (χ4n) is 2.77. The molecule has 1 aliphatic heterocycles. The first-order valence-corrected chi connectivity index (χ1v) is 10.7. The molecule has 0 saturated carbocycles. The van der Waals surface area contributed by atoms with Crippen LogP contribution in [0.2, 0.25) is 0 Å². The Balaban J connectivity index is 1.43. The van der Waals surface area contributed by atoms with Crippen LogP contribution in [0.15, 0.2) is 29.2 Å². The van der Waals surface area contributed by atoms with Gasteiger partial charge in [0.2, 0.25) is 5.91 Å². The summed E-state index contributed by atoms with van der Waals surface area (Å²) in [5.41, 5.74) is 2.21. The van der Waals surface area contributed by atoms with Gasteiger partial charge in [-0.2, -0.15) is 0 Å². The first-order chi connectivity index (χ1) is 13.0. The number of benzene rings is 1. The summed E-state index contributed by atoms with van der Waals surface area (Å²) in [6.45, 7) is 3.15. The zero-order valence-corrected chi connectivity index (χ0v) is 17.1. The third-order valence-electron chi connectivity index (χ3n) is 4.25. The Morgan fingerprint density at radius 2 is 2.11 bits per heavy atom. The van der Waals surface area contributed by atoms with Crippen LogP contribution < -0.4 is 5.32 Å². The number of ether oxygens (including phenoxy) is 1. The van der Waals surface area contributed by atoms with Crippen LogP contribution in [0, 0.1) is 6.92 Å². The molecule has 2 amide bonds. The van der Waals surface area contributed by atoms with Gasteiger partial charge in [0.05, 0.1) is 19.3 Å². The number of hydrogen-bond donors (Lipinski definition) is 1. The van der Waals surface area contributed by atoms with Crippen LogP contribution in [0.3, 0.4) is 0 Å². The summed E-state index contributed by atoms with van der Waals surface area (Å²) in [6, 6.07) is 8.41. The highest BCUT2D eigenvalue weighted by atomic mass is 32.2. The highest BCUT2D eigenvalue weighted by molar-refractivity contribution is 7.99. The van der Waals surface area contributed by atoms with E-state index >= 15 is 0 Å². The van der Waals surface area contributed by atoms with Crippen molar-refractivity contribution in [3.63, 3.8) is 0 Å². The predicted octanol–water partition coefficient (Wildman–Crippen LogP) is 4.09. The van der Waals surface area contributed by atoms with Crippen molar-refractivity contribution in [2.24, 2.45) is 0 Å². The molecule has 0 aliphatic carbocycles. The Morgan fingerprint density at radius 3 is 2.85 bits per heavy atom. The van der Waals surface area contributed by atoms with Gasteiger partial charge in [-0.1, -0.05) is 29.0 Å². The number of aryl methyl sites for hydroxylation is 1. The molecule has 1 aliphatic rings. The van der Waals surface area contributed by atoms with Crippen LogP contribution in [-0.2, 0) is 22.5 Å². The molecule has 1 aromatic heterocycles. The summed E-state index contributed by atoms with van der Waals surface area (Å²) in [5, 5.41) is 3.50. The third-order valence-corrected chi connectivity index (χ3v) is 6.34. The van der Waals surface area contributed by atoms with Crippen LogP contribution in [0.5, 0.6) is 0 Å². The number of nitrogens with one attached hydrogen (secondary N) is 1. The number of nitrogens with zero attached hydrogens (tertiary/aromatic N) is 2. The highest BCUT2D eigenvalue weighted by Gasteiger charge is 2.24. The molecule has 0 radical (unpaired) electrons. The molecule has 0 saturated heterocycles. The van der Waals surface area contributed by atoms with Crippen molar-refractivity contribution in [2.75, 3.05) is 24.7 Å². The topological polar surface area (TPSA) is 71.5 Å². The van der Waals surface area contributed by atoms with Gasteiger partial charge in [-0.25, -0.2) is 9.78 Å². The van der Waals surface area contributed by atoms with Gasteiger partial charge in [-0.3, -0.25) is 4.79 Å². The molecule has 3 rings (SSSR count). The van der Waals surface area contributed by atoms with Gasteiger partial charge in [0.25, 0.3) is 0 Å². The quantitative estimate of drug-likeness (QED) is 0.579. The summed E-state index contributed by atoms with van der Waals surface area (Å²) in [4.78, 5) is 32.2. The van der Waals surface area contributed by atoms with Gasteiger partial charge < -0.3 is 15.0 Å². The lowest BCUT2D eigenvalue weighted by Gasteiger charge is -2.24. The van der Waals surface area contributed by atoms with E-state index in [4.69, 9.17) is 4.74 Å². The Kier molecular flexibility index (Phi) is 6.73. The van der Waals surface area contributed by atoms with E-state index in [0.717, 1.165) is 22.7 Å². The summed E-state index contributed by atoms with van der Waals surface area (Å²) in [7, 11) is 1.38. The molecule has 0 spiro atoms. The first-order valence-electron chi connectivity index (χ1n) is 8.86. The van der Waals surface area contributed by atoms with E-state index in [1.165, 1.54) is 28.9 Å². The summed E-state index contributed by atoms with van der Waals surface area (Å²) >= 11 is 3.20. The molecule has 1 aromatic carbocycles. The maximum absolute atomic E-state index is 12.2. The molecule has 27 heavy (non-hydrogen) atoms. The zero-order valence-electron chi connectivity index (χ0n) is 15.5. The van der Waals surface area contributed by atoms with Crippen LogP contribution in [0.1, 0.15) is 29.0 Å². The van der Waals surface area contributed by atoms with Gasteiger partial charge in [0, 0.05) is 29.2 Å². The van der Waals surface area contributed by atoms with Crippen molar-refractivity contribution in [3.8, 4) is 0 Å². The first kappa shape index (κ1) is 19.7. The fourth-order valence-corrected chi connectivity index (χ4v) is 4.67. The molecule has 0 fully saturated rings. The number of fused-ring (bicyclic) bond motifs is 1. The van der Waals surface area contributed by atoms with Crippen molar-refractivity contribution in [2.45, 2.75) is 37.6 Å². The molecule has 144 valence electrons. The third kappa shape index (κ3) is 5.46. The average molecular weight is 406 g/mol. The molecule has 6 nitrogen and oxygen atoms in total. The molecule has 2 heterocycles. The van der Waals surface area contributed by atoms with Crippen molar-refractivity contribution in [1.29, 1.82) is 0 Å². The van der Waals surface area contributed by atoms with Gasteiger partial charge in [-0.15, -0.1) is 11.8 Å². The number of carbonyl (C=O) groups excluding carboxylic acids is 2. The second-order valence-corrected chi connectivity index (χ2v) is 8.60. The van der Waals surface area contributed by atoms with Crippen LogP contribution in [-0.4, -0.2) is 41.3 Å².